The molecule has 1 heteroatoms. The second-order valence-corrected chi connectivity index (χ2v) is 7.46. The van der Waals surface area contributed by atoms with Gasteiger partial charge >= 0.3 is 0 Å². The Labute approximate surface area is 121 Å². The fourth-order valence-electron chi connectivity index (χ4n) is 2.93. The number of benzene rings is 1. The molecule has 0 saturated heterocycles. The molecule has 0 spiro atoms. The van der Waals surface area contributed by atoms with E-state index in [1.807, 2.05) is 11.8 Å². The maximum atomic E-state index is 2.52. The molecule has 2 aliphatic carbocycles. The van der Waals surface area contributed by atoms with Crippen LogP contribution in [0.5, 0.6) is 0 Å². The predicted octanol–water partition coefficient (Wildman–Crippen LogP) is 5.92. The van der Waals surface area contributed by atoms with Crippen LogP contribution in [-0.2, 0) is 0 Å². The molecule has 1 aromatic rings. The van der Waals surface area contributed by atoms with E-state index in [4.69, 9.17) is 0 Å². The summed E-state index contributed by atoms with van der Waals surface area (Å²) in [6, 6.07) is 9.21. The van der Waals surface area contributed by atoms with E-state index >= 15 is 0 Å². The molecule has 0 aliphatic heterocycles. The summed E-state index contributed by atoms with van der Waals surface area (Å²) in [5.74, 6) is 0.828. The van der Waals surface area contributed by atoms with Crippen molar-refractivity contribution in [2.45, 2.75) is 62.0 Å². The summed E-state index contributed by atoms with van der Waals surface area (Å²) in [5.41, 5.74) is 2.88. The Morgan fingerprint density at radius 2 is 1.68 bits per heavy atom. The van der Waals surface area contributed by atoms with Crippen molar-refractivity contribution in [3.05, 3.63) is 35.9 Å². The summed E-state index contributed by atoms with van der Waals surface area (Å²) in [6.07, 6.45) is 12.4. The Morgan fingerprint density at radius 3 is 2.32 bits per heavy atom. The molecule has 2 aliphatic rings. The molecular formula is C18H24S. The summed E-state index contributed by atoms with van der Waals surface area (Å²) in [4.78, 5) is 1.44. The fourth-order valence-corrected chi connectivity index (χ4v) is 3.98. The molecule has 19 heavy (non-hydrogen) atoms. The van der Waals surface area contributed by atoms with Crippen molar-refractivity contribution < 1.29 is 0 Å². The van der Waals surface area contributed by atoms with Gasteiger partial charge in [0.05, 0.1) is 0 Å². The van der Waals surface area contributed by atoms with Crippen molar-refractivity contribution in [3.63, 3.8) is 0 Å². The number of rotatable bonds is 4. The van der Waals surface area contributed by atoms with Crippen molar-refractivity contribution in [1.82, 2.24) is 0 Å². The minimum atomic E-state index is 0.828. The molecule has 2 fully saturated rings. The van der Waals surface area contributed by atoms with Crippen molar-refractivity contribution in [2.75, 3.05) is 0 Å². The van der Waals surface area contributed by atoms with Gasteiger partial charge in [0.25, 0.3) is 0 Å². The average molecular weight is 272 g/mol. The zero-order chi connectivity index (χ0) is 13.1. The zero-order valence-electron chi connectivity index (χ0n) is 11.9. The standard InChI is InChI=1S/C18H24S/c1-14(13-15-5-3-2-4-6-15)16-7-9-17(10-8-16)19-18-11-12-18/h7-10,13,15,18H,2-6,11-12H2,1H3/b14-13-. The van der Waals surface area contributed by atoms with Gasteiger partial charge in [0.2, 0.25) is 0 Å². The molecule has 2 saturated carbocycles. The van der Waals surface area contributed by atoms with Crippen LogP contribution in [-0.4, -0.2) is 5.25 Å². The van der Waals surface area contributed by atoms with E-state index in [1.54, 1.807) is 0 Å². The van der Waals surface area contributed by atoms with Gasteiger partial charge in [0.15, 0.2) is 0 Å². The number of hydrogen-bond acceptors (Lipinski definition) is 1. The third kappa shape index (κ3) is 3.89. The van der Waals surface area contributed by atoms with E-state index in [2.05, 4.69) is 37.3 Å². The molecule has 0 unspecified atom stereocenters. The summed E-state index contributed by atoms with van der Waals surface area (Å²) < 4.78 is 0. The zero-order valence-corrected chi connectivity index (χ0v) is 12.7. The van der Waals surface area contributed by atoms with Crippen LogP contribution in [0.15, 0.2) is 35.2 Å². The van der Waals surface area contributed by atoms with Gasteiger partial charge in [-0.3, -0.25) is 0 Å². The third-order valence-corrected chi connectivity index (χ3v) is 5.62. The van der Waals surface area contributed by atoms with Gasteiger partial charge in [-0.25, -0.2) is 0 Å². The Kier molecular flexibility index (Phi) is 4.32. The van der Waals surface area contributed by atoms with Crippen LogP contribution in [0.2, 0.25) is 0 Å². The molecule has 0 atom stereocenters. The van der Waals surface area contributed by atoms with E-state index in [1.165, 1.54) is 61.0 Å². The van der Waals surface area contributed by atoms with Crippen LogP contribution in [0.25, 0.3) is 5.57 Å². The lowest BCUT2D eigenvalue weighted by Gasteiger charge is -2.19. The first-order valence-corrected chi connectivity index (χ1v) is 8.65. The minimum absolute atomic E-state index is 0.828. The first-order valence-electron chi connectivity index (χ1n) is 7.77. The van der Waals surface area contributed by atoms with Crippen LogP contribution in [0, 0.1) is 5.92 Å². The van der Waals surface area contributed by atoms with Gasteiger partial charge in [-0.1, -0.05) is 37.5 Å². The third-order valence-electron chi connectivity index (χ3n) is 4.27. The average Bonchev–Trinajstić information content (AvgIpc) is 3.25. The van der Waals surface area contributed by atoms with Crippen molar-refractivity contribution in [3.8, 4) is 0 Å². The van der Waals surface area contributed by atoms with Gasteiger partial charge < -0.3 is 0 Å². The molecule has 0 nitrogen and oxygen atoms in total. The topological polar surface area (TPSA) is 0 Å². The highest BCUT2D eigenvalue weighted by molar-refractivity contribution is 8.00. The number of allylic oxidation sites excluding steroid dienone is 2. The smallest absolute Gasteiger partial charge is 0.00952 e. The largest absolute Gasteiger partial charge is 0.123 e. The van der Waals surface area contributed by atoms with Crippen LogP contribution >= 0.6 is 11.8 Å². The fraction of sp³-hybridized carbons (Fsp3) is 0.556. The van der Waals surface area contributed by atoms with Crippen LogP contribution in [0.3, 0.4) is 0 Å². The maximum Gasteiger partial charge on any atom is 0.00952 e. The van der Waals surface area contributed by atoms with E-state index in [-0.39, 0.29) is 0 Å². The lowest BCUT2D eigenvalue weighted by molar-refractivity contribution is 0.420. The van der Waals surface area contributed by atoms with Crippen molar-refractivity contribution >= 4 is 17.3 Å². The molecule has 0 bridgehead atoms. The SMILES string of the molecule is C/C(=C/C1CCCCC1)c1ccc(SC2CC2)cc1. The van der Waals surface area contributed by atoms with Crippen LogP contribution in [0.4, 0.5) is 0 Å². The van der Waals surface area contributed by atoms with Crippen LogP contribution < -0.4 is 0 Å². The first-order chi connectivity index (χ1) is 9.31. The highest BCUT2D eigenvalue weighted by atomic mass is 32.2. The number of hydrogen-bond donors (Lipinski definition) is 0. The normalized spacial score (nSPS) is 21.6. The maximum absolute atomic E-state index is 2.52. The van der Waals surface area contributed by atoms with Gasteiger partial charge in [-0.2, -0.15) is 0 Å². The van der Waals surface area contributed by atoms with Gasteiger partial charge in [-0.15, -0.1) is 11.8 Å². The summed E-state index contributed by atoms with van der Waals surface area (Å²) >= 11 is 2.05. The second kappa shape index (κ2) is 6.17. The summed E-state index contributed by atoms with van der Waals surface area (Å²) in [7, 11) is 0. The first kappa shape index (κ1) is 13.3. The van der Waals surface area contributed by atoms with Crippen molar-refractivity contribution in [2.24, 2.45) is 5.92 Å². The predicted molar refractivity (Wildman–Crippen MR) is 85.5 cm³/mol. The van der Waals surface area contributed by atoms with Gasteiger partial charge in [-0.05, 0) is 61.8 Å². The molecule has 3 rings (SSSR count). The molecule has 0 N–H and O–H groups in total. The summed E-state index contributed by atoms with van der Waals surface area (Å²) in [6.45, 7) is 2.28. The van der Waals surface area contributed by atoms with Crippen LogP contribution in [0.1, 0.15) is 57.4 Å². The lowest BCUT2D eigenvalue weighted by atomic mass is 9.87. The second-order valence-electron chi connectivity index (χ2n) is 6.09. The molecular weight excluding hydrogens is 248 g/mol. The van der Waals surface area contributed by atoms with E-state index in [9.17, 15) is 0 Å². The molecule has 0 amide bonds. The molecule has 0 aromatic heterocycles. The molecule has 0 heterocycles. The Hall–Kier alpha value is -0.690. The van der Waals surface area contributed by atoms with E-state index in [0.29, 0.717) is 0 Å². The van der Waals surface area contributed by atoms with E-state index in [0.717, 1.165) is 11.2 Å². The van der Waals surface area contributed by atoms with Crippen molar-refractivity contribution in [1.29, 1.82) is 0 Å². The molecule has 102 valence electrons. The molecule has 0 radical (unpaired) electrons. The Balaban J connectivity index is 1.64. The quantitative estimate of drug-likeness (QED) is 0.655. The number of thioether (sulfide) groups is 1. The highest BCUT2D eigenvalue weighted by Gasteiger charge is 2.22. The van der Waals surface area contributed by atoms with Gasteiger partial charge in [0, 0.05) is 10.1 Å². The Bertz CT molecular complexity index is 433. The highest BCUT2D eigenvalue weighted by Crippen LogP contribution is 2.39. The minimum Gasteiger partial charge on any atom is -0.123 e. The lowest BCUT2D eigenvalue weighted by Crippen LogP contribution is -2.03. The Morgan fingerprint density at radius 1 is 1.00 bits per heavy atom. The molecule has 1 aromatic carbocycles. The van der Waals surface area contributed by atoms with Gasteiger partial charge in [0.1, 0.15) is 0 Å². The monoisotopic (exact) mass is 272 g/mol. The summed E-state index contributed by atoms with van der Waals surface area (Å²) in [5, 5.41) is 0.907. The van der Waals surface area contributed by atoms with E-state index < -0.39 is 0 Å².